The number of aryl methyl sites for hydroxylation is 2. The Kier molecular flexibility index (Phi) is 5.94. The summed E-state index contributed by atoms with van der Waals surface area (Å²) in [5.74, 6) is 0. The highest BCUT2D eigenvalue weighted by Crippen LogP contribution is 2.23. The smallest absolute Gasteiger partial charge is 0.242 e. The molecule has 0 aliphatic carbocycles. The molecule has 0 fully saturated rings. The molecular weight excluding hydrogens is 280 g/mol. The van der Waals surface area contributed by atoms with Crippen LogP contribution in [0.3, 0.4) is 0 Å². The van der Waals surface area contributed by atoms with Gasteiger partial charge in [-0.05, 0) is 43.5 Å². The first-order valence-electron chi connectivity index (χ1n) is 6.30. The molecule has 0 heterocycles. The molecule has 0 spiro atoms. The molecule has 0 radical (unpaired) electrons. The summed E-state index contributed by atoms with van der Waals surface area (Å²) < 4.78 is 32.1. The maximum atomic E-state index is 12.3. The topological polar surface area (TPSA) is 102 Å². The van der Waals surface area contributed by atoms with Crippen molar-refractivity contribution in [1.82, 2.24) is 4.72 Å². The Bertz CT molecular complexity index is 552. The third kappa shape index (κ3) is 4.17. The summed E-state index contributed by atoms with van der Waals surface area (Å²) >= 11 is 0. The van der Waals surface area contributed by atoms with Gasteiger partial charge < -0.3 is 15.6 Å². The molecule has 1 unspecified atom stereocenters. The van der Waals surface area contributed by atoms with Gasteiger partial charge in [-0.2, -0.15) is 0 Å². The van der Waals surface area contributed by atoms with Crippen LogP contribution in [0.5, 0.6) is 0 Å². The minimum Gasteiger partial charge on any atom is -0.398 e. The first-order valence-corrected chi connectivity index (χ1v) is 7.79. The van der Waals surface area contributed by atoms with Crippen molar-refractivity contribution in [2.24, 2.45) is 0 Å². The lowest BCUT2D eigenvalue weighted by Crippen LogP contribution is -2.39. The zero-order chi connectivity index (χ0) is 15.3. The molecule has 0 saturated heterocycles. The Morgan fingerprint density at radius 3 is 2.50 bits per heavy atom. The average Bonchev–Trinajstić information content (AvgIpc) is 2.33. The number of rotatable bonds is 7. The van der Waals surface area contributed by atoms with Crippen molar-refractivity contribution in [2.45, 2.75) is 31.2 Å². The molecule has 20 heavy (non-hydrogen) atoms. The van der Waals surface area contributed by atoms with Crippen molar-refractivity contribution in [3.63, 3.8) is 0 Å². The fraction of sp³-hybridized carbons (Fsp3) is 0.538. The number of aliphatic hydroxyl groups is 1. The van der Waals surface area contributed by atoms with E-state index < -0.39 is 16.1 Å². The summed E-state index contributed by atoms with van der Waals surface area (Å²) in [7, 11) is -2.26. The minimum atomic E-state index is -3.74. The number of hydrogen-bond acceptors (Lipinski definition) is 5. The lowest BCUT2D eigenvalue weighted by Gasteiger charge is -2.18. The maximum absolute atomic E-state index is 12.3. The fourth-order valence-corrected chi connectivity index (χ4v) is 3.31. The third-order valence-corrected chi connectivity index (χ3v) is 4.66. The fourth-order valence-electron chi connectivity index (χ4n) is 1.86. The normalized spacial score (nSPS) is 13.4. The molecule has 114 valence electrons. The third-order valence-electron chi connectivity index (χ3n) is 3.08. The van der Waals surface area contributed by atoms with Crippen molar-refractivity contribution < 1.29 is 18.3 Å². The number of ether oxygens (including phenoxy) is 1. The first-order chi connectivity index (χ1) is 9.31. The Labute approximate surface area is 120 Å². The van der Waals surface area contributed by atoms with Crippen LogP contribution in [0, 0.1) is 13.8 Å². The molecule has 1 rings (SSSR count). The number of methoxy groups -OCH3 is 1. The summed E-state index contributed by atoms with van der Waals surface area (Å²) in [6.07, 6.45) is 0.276. The van der Waals surface area contributed by atoms with Gasteiger partial charge in [-0.25, -0.2) is 13.1 Å². The van der Waals surface area contributed by atoms with Gasteiger partial charge in [0.05, 0.1) is 12.3 Å². The van der Waals surface area contributed by atoms with Gasteiger partial charge in [-0.3, -0.25) is 0 Å². The van der Waals surface area contributed by atoms with Gasteiger partial charge in [0, 0.05) is 19.8 Å². The number of hydrogen-bond donors (Lipinski definition) is 3. The Morgan fingerprint density at radius 1 is 1.35 bits per heavy atom. The number of benzene rings is 1. The number of aliphatic hydroxyl groups excluding tert-OH is 1. The van der Waals surface area contributed by atoms with Gasteiger partial charge >= 0.3 is 0 Å². The van der Waals surface area contributed by atoms with E-state index in [1.165, 1.54) is 7.11 Å². The maximum Gasteiger partial charge on any atom is 0.242 e. The lowest BCUT2D eigenvalue weighted by atomic mass is 10.1. The molecule has 1 atom stereocenters. The Morgan fingerprint density at radius 2 is 1.95 bits per heavy atom. The van der Waals surface area contributed by atoms with E-state index in [4.69, 9.17) is 15.6 Å². The minimum absolute atomic E-state index is 0.0552. The van der Waals surface area contributed by atoms with Crippen LogP contribution >= 0.6 is 0 Å². The van der Waals surface area contributed by atoms with Gasteiger partial charge in [0.1, 0.15) is 4.90 Å². The van der Waals surface area contributed by atoms with Crippen LogP contribution in [0.1, 0.15) is 17.5 Å². The summed E-state index contributed by atoms with van der Waals surface area (Å²) in [5, 5.41) is 8.95. The standard InChI is InChI=1S/C13H22N2O4S/c1-9-6-12(14)13(7-10(9)2)20(17,18)15-11(4-5-16)8-19-3/h6-7,11,15-16H,4-5,8,14H2,1-3H3. The highest BCUT2D eigenvalue weighted by atomic mass is 32.2. The monoisotopic (exact) mass is 302 g/mol. The predicted octanol–water partition coefficient (Wildman–Crippen LogP) is 0.561. The molecule has 1 aromatic carbocycles. The van der Waals surface area contributed by atoms with E-state index in [9.17, 15) is 8.42 Å². The number of nitrogens with two attached hydrogens (primary N) is 1. The van der Waals surface area contributed by atoms with Crippen molar-refractivity contribution in [2.75, 3.05) is 26.1 Å². The van der Waals surface area contributed by atoms with E-state index >= 15 is 0 Å². The molecule has 4 N–H and O–H groups in total. The molecule has 0 aliphatic rings. The van der Waals surface area contributed by atoms with Crippen LogP contribution in [-0.2, 0) is 14.8 Å². The van der Waals surface area contributed by atoms with Gasteiger partial charge in [0.15, 0.2) is 0 Å². The molecule has 6 nitrogen and oxygen atoms in total. The van der Waals surface area contributed by atoms with E-state index in [1.807, 2.05) is 13.8 Å². The molecule has 0 bridgehead atoms. The molecule has 0 aromatic heterocycles. The van der Waals surface area contributed by atoms with E-state index in [-0.39, 0.29) is 30.2 Å². The number of nitrogens with one attached hydrogen (secondary N) is 1. The molecule has 0 saturated carbocycles. The zero-order valence-corrected chi connectivity index (χ0v) is 12.8. The van der Waals surface area contributed by atoms with Crippen LogP contribution in [-0.4, -0.2) is 39.9 Å². The number of nitrogen functional groups attached to an aromatic ring is 1. The van der Waals surface area contributed by atoms with E-state index in [0.29, 0.717) is 0 Å². The molecule has 0 aliphatic heterocycles. The molecular formula is C13H22N2O4S. The van der Waals surface area contributed by atoms with Crippen molar-refractivity contribution in [3.05, 3.63) is 23.3 Å². The summed E-state index contributed by atoms with van der Waals surface area (Å²) in [6.45, 7) is 3.76. The number of anilines is 1. The van der Waals surface area contributed by atoms with Crippen molar-refractivity contribution in [1.29, 1.82) is 0 Å². The SMILES string of the molecule is COCC(CCO)NS(=O)(=O)c1cc(C)c(C)cc1N. The highest BCUT2D eigenvalue weighted by molar-refractivity contribution is 7.89. The van der Waals surface area contributed by atoms with Crippen LogP contribution in [0.2, 0.25) is 0 Å². The van der Waals surface area contributed by atoms with Crippen molar-refractivity contribution >= 4 is 15.7 Å². The predicted molar refractivity (Wildman–Crippen MR) is 78.0 cm³/mol. The summed E-state index contributed by atoms with van der Waals surface area (Å²) in [5.41, 5.74) is 7.80. The van der Waals surface area contributed by atoms with Gasteiger partial charge in [0.25, 0.3) is 0 Å². The quantitative estimate of drug-likeness (QED) is 0.639. The largest absolute Gasteiger partial charge is 0.398 e. The Balaban J connectivity index is 3.07. The van der Waals surface area contributed by atoms with E-state index in [2.05, 4.69) is 4.72 Å². The van der Waals surface area contributed by atoms with E-state index in [1.54, 1.807) is 12.1 Å². The average molecular weight is 302 g/mol. The van der Waals surface area contributed by atoms with Gasteiger partial charge in [0.2, 0.25) is 10.0 Å². The second-order valence-electron chi connectivity index (χ2n) is 4.76. The second-order valence-corrected chi connectivity index (χ2v) is 6.44. The van der Waals surface area contributed by atoms with E-state index in [0.717, 1.165) is 11.1 Å². The molecule has 0 amide bonds. The first kappa shape index (κ1) is 16.9. The van der Waals surface area contributed by atoms with Crippen LogP contribution in [0.25, 0.3) is 0 Å². The van der Waals surface area contributed by atoms with Crippen molar-refractivity contribution in [3.8, 4) is 0 Å². The van der Waals surface area contributed by atoms with Crippen LogP contribution in [0.15, 0.2) is 17.0 Å². The number of sulfonamides is 1. The highest BCUT2D eigenvalue weighted by Gasteiger charge is 2.22. The van der Waals surface area contributed by atoms with Gasteiger partial charge in [-0.15, -0.1) is 0 Å². The molecule has 7 heteroatoms. The zero-order valence-electron chi connectivity index (χ0n) is 12.0. The summed E-state index contributed by atoms with van der Waals surface area (Å²) in [4.78, 5) is 0.0552. The summed E-state index contributed by atoms with van der Waals surface area (Å²) in [6, 6.07) is 2.70. The second kappa shape index (κ2) is 7.03. The van der Waals surface area contributed by atoms with Crippen LogP contribution < -0.4 is 10.5 Å². The molecule has 1 aromatic rings. The van der Waals surface area contributed by atoms with Gasteiger partial charge in [-0.1, -0.05) is 0 Å². The van der Waals surface area contributed by atoms with Crippen LogP contribution in [0.4, 0.5) is 5.69 Å². The lowest BCUT2D eigenvalue weighted by molar-refractivity contribution is 0.158. The Hall–Kier alpha value is -1.15.